The minimum Gasteiger partial charge on any atom is -0.314 e. The van der Waals surface area contributed by atoms with Crippen molar-refractivity contribution in [2.45, 2.75) is 32.9 Å². The Morgan fingerprint density at radius 1 is 1.20 bits per heavy atom. The second-order valence-corrected chi connectivity index (χ2v) is 5.20. The molecule has 2 aromatic rings. The van der Waals surface area contributed by atoms with Crippen LogP contribution >= 0.6 is 11.6 Å². The lowest BCUT2D eigenvalue weighted by Gasteiger charge is -2.15. The van der Waals surface area contributed by atoms with Crippen molar-refractivity contribution in [2.75, 3.05) is 0 Å². The first-order chi connectivity index (χ1) is 9.49. The monoisotopic (exact) mass is 293 g/mol. The molecule has 2 rings (SSSR count). The number of aryl methyl sites for hydroxylation is 1. The Morgan fingerprint density at radius 2 is 1.95 bits per heavy atom. The Hall–Kier alpha value is -1.88. The second-order valence-electron chi connectivity index (χ2n) is 4.81. The molecule has 0 saturated carbocycles. The van der Waals surface area contributed by atoms with Crippen LogP contribution in [-0.4, -0.2) is 14.1 Å². The van der Waals surface area contributed by atoms with Crippen molar-refractivity contribution in [1.82, 2.24) is 14.1 Å². The van der Waals surface area contributed by atoms with E-state index >= 15 is 0 Å². The SMILES string of the molecule is CC(C)c1nc(Cl)cc(=O)n1CCn1ccccc1=O. The molecule has 0 radical (unpaired) electrons. The van der Waals surface area contributed by atoms with Crippen molar-refractivity contribution in [3.05, 3.63) is 62.1 Å². The van der Waals surface area contributed by atoms with Crippen molar-refractivity contribution in [3.8, 4) is 0 Å². The van der Waals surface area contributed by atoms with Gasteiger partial charge in [0.2, 0.25) is 0 Å². The van der Waals surface area contributed by atoms with E-state index in [2.05, 4.69) is 4.98 Å². The Kier molecular flexibility index (Phi) is 4.39. The Bertz CT molecular complexity index is 719. The van der Waals surface area contributed by atoms with Gasteiger partial charge in [-0.2, -0.15) is 0 Å². The molecule has 6 heteroatoms. The summed E-state index contributed by atoms with van der Waals surface area (Å²) in [7, 11) is 0. The molecule has 20 heavy (non-hydrogen) atoms. The van der Waals surface area contributed by atoms with E-state index in [-0.39, 0.29) is 22.2 Å². The molecule has 106 valence electrons. The Morgan fingerprint density at radius 3 is 2.60 bits per heavy atom. The zero-order chi connectivity index (χ0) is 14.7. The number of pyridine rings is 1. The first-order valence-electron chi connectivity index (χ1n) is 6.42. The summed E-state index contributed by atoms with van der Waals surface area (Å²) in [4.78, 5) is 27.9. The summed E-state index contributed by atoms with van der Waals surface area (Å²) >= 11 is 5.83. The van der Waals surface area contributed by atoms with Gasteiger partial charge in [-0.1, -0.05) is 31.5 Å². The van der Waals surface area contributed by atoms with E-state index in [0.717, 1.165) is 0 Å². The van der Waals surface area contributed by atoms with Crippen molar-refractivity contribution in [2.24, 2.45) is 0 Å². The van der Waals surface area contributed by atoms with E-state index in [1.807, 2.05) is 13.8 Å². The zero-order valence-corrected chi connectivity index (χ0v) is 12.2. The zero-order valence-electron chi connectivity index (χ0n) is 11.4. The molecule has 5 nitrogen and oxygen atoms in total. The first-order valence-corrected chi connectivity index (χ1v) is 6.79. The lowest BCUT2D eigenvalue weighted by molar-refractivity contribution is 0.513. The van der Waals surface area contributed by atoms with E-state index in [1.54, 1.807) is 27.5 Å². The number of hydrogen-bond acceptors (Lipinski definition) is 3. The van der Waals surface area contributed by atoms with Crippen LogP contribution in [0.3, 0.4) is 0 Å². The number of rotatable bonds is 4. The fraction of sp³-hybridized carbons (Fsp3) is 0.357. The molecule has 2 aromatic heterocycles. The minimum atomic E-state index is -0.197. The summed E-state index contributed by atoms with van der Waals surface area (Å²) in [6.07, 6.45) is 1.70. The molecule has 0 aromatic carbocycles. The maximum absolute atomic E-state index is 12.0. The number of halogens is 1. The standard InChI is InChI=1S/C14H16ClN3O2/c1-10(2)14-16-11(15)9-13(20)18(14)8-7-17-6-4-3-5-12(17)19/h3-6,9-10H,7-8H2,1-2H3. The highest BCUT2D eigenvalue weighted by Gasteiger charge is 2.11. The van der Waals surface area contributed by atoms with Gasteiger partial charge in [0.1, 0.15) is 11.0 Å². The van der Waals surface area contributed by atoms with Crippen LogP contribution in [0.5, 0.6) is 0 Å². The highest BCUT2D eigenvalue weighted by atomic mass is 35.5. The molecule has 2 heterocycles. The fourth-order valence-corrected chi connectivity index (χ4v) is 2.19. The maximum atomic E-state index is 12.0. The van der Waals surface area contributed by atoms with E-state index in [0.29, 0.717) is 18.9 Å². The van der Waals surface area contributed by atoms with Gasteiger partial charge in [-0.15, -0.1) is 0 Å². The predicted molar refractivity (Wildman–Crippen MR) is 78.3 cm³/mol. The van der Waals surface area contributed by atoms with Crippen LogP contribution < -0.4 is 11.1 Å². The average Bonchev–Trinajstić information content (AvgIpc) is 2.38. The first kappa shape index (κ1) is 14.5. The normalized spacial score (nSPS) is 11.0. The van der Waals surface area contributed by atoms with Crippen LogP contribution in [0.4, 0.5) is 0 Å². The minimum absolute atomic E-state index is 0.0777. The largest absolute Gasteiger partial charge is 0.314 e. The molecular weight excluding hydrogens is 278 g/mol. The number of aromatic nitrogens is 3. The van der Waals surface area contributed by atoms with Gasteiger partial charge >= 0.3 is 0 Å². The van der Waals surface area contributed by atoms with Gasteiger partial charge in [0.25, 0.3) is 11.1 Å². The van der Waals surface area contributed by atoms with Crippen LogP contribution in [0, 0.1) is 0 Å². The summed E-state index contributed by atoms with van der Waals surface area (Å²) in [5, 5.41) is 0.201. The van der Waals surface area contributed by atoms with Crippen LogP contribution in [-0.2, 0) is 13.1 Å². The fourth-order valence-electron chi connectivity index (χ4n) is 2.01. The molecule has 0 saturated heterocycles. The summed E-state index contributed by atoms with van der Waals surface area (Å²) in [6, 6.07) is 6.26. The maximum Gasteiger partial charge on any atom is 0.255 e. The van der Waals surface area contributed by atoms with Crippen molar-refractivity contribution >= 4 is 11.6 Å². The average molecular weight is 294 g/mol. The van der Waals surface area contributed by atoms with E-state index in [4.69, 9.17) is 11.6 Å². The topological polar surface area (TPSA) is 56.9 Å². The lowest BCUT2D eigenvalue weighted by atomic mass is 10.2. The highest BCUT2D eigenvalue weighted by molar-refractivity contribution is 6.29. The Labute approximate surface area is 121 Å². The lowest BCUT2D eigenvalue weighted by Crippen LogP contribution is -2.29. The van der Waals surface area contributed by atoms with Crippen LogP contribution in [0.2, 0.25) is 5.15 Å². The Balaban J connectivity index is 2.32. The number of nitrogens with zero attached hydrogens (tertiary/aromatic N) is 3. The van der Waals surface area contributed by atoms with Crippen LogP contribution in [0.1, 0.15) is 25.6 Å². The molecule has 0 N–H and O–H groups in total. The third kappa shape index (κ3) is 3.17. The van der Waals surface area contributed by atoms with Gasteiger partial charge in [-0.3, -0.25) is 14.2 Å². The summed E-state index contributed by atoms with van der Waals surface area (Å²) in [5.74, 6) is 0.709. The molecule has 0 atom stereocenters. The molecule has 0 amide bonds. The third-order valence-electron chi connectivity index (χ3n) is 2.99. The summed E-state index contributed by atoms with van der Waals surface area (Å²) in [5.41, 5.74) is -0.286. The molecule has 0 fully saturated rings. The third-order valence-corrected chi connectivity index (χ3v) is 3.18. The van der Waals surface area contributed by atoms with Crippen molar-refractivity contribution in [3.63, 3.8) is 0 Å². The van der Waals surface area contributed by atoms with Crippen LogP contribution in [0.15, 0.2) is 40.1 Å². The van der Waals surface area contributed by atoms with Gasteiger partial charge in [-0.25, -0.2) is 4.98 Å². The van der Waals surface area contributed by atoms with Gasteiger partial charge < -0.3 is 4.57 Å². The molecule has 0 aliphatic carbocycles. The highest BCUT2D eigenvalue weighted by Crippen LogP contribution is 2.12. The quantitative estimate of drug-likeness (QED) is 0.809. The van der Waals surface area contributed by atoms with Gasteiger partial charge in [0, 0.05) is 37.3 Å². The smallest absolute Gasteiger partial charge is 0.255 e. The van der Waals surface area contributed by atoms with Crippen LogP contribution in [0.25, 0.3) is 0 Å². The van der Waals surface area contributed by atoms with Crippen molar-refractivity contribution < 1.29 is 0 Å². The molecule has 0 spiro atoms. The van der Waals surface area contributed by atoms with E-state index in [1.165, 1.54) is 12.1 Å². The summed E-state index contributed by atoms with van der Waals surface area (Å²) < 4.78 is 3.13. The molecular formula is C14H16ClN3O2. The predicted octanol–water partition coefficient (Wildman–Crippen LogP) is 1.88. The van der Waals surface area contributed by atoms with Gasteiger partial charge in [0.05, 0.1) is 0 Å². The van der Waals surface area contributed by atoms with E-state index < -0.39 is 0 Å². The number of hydrogen-bond donors (Lipinski definition) is 0. The second kappa shape index (κ2) is 6.05. The molecule has 0 aliphatic heterocycles. The van der Waals surface area contributed by atoms with Gasteiger partial charge in [-0.05, 0) is 6.07 Å². The molecule has 0 unspecified atom stereocenters. The van der Waals surface area contributed by atoms with Crippen molar-refractivity contribution in [1.29, 1.82) is 0 Å². The van der Waals surface area contributed by atoms with E-state index in [9.17, 15) is 9.59 Å². The van der Waals surface area contributed by atoms with Gasteiger partial charge in [0.15, 0.2) is 0 Å². The summed E-state index contributed by atoms with van der Waals surface area (Å²) in [6.45, 7) is 4.70. The molecule has 0 bridgehead atoms. The molecule has 0 aliphatic rings.